The highest BCUT2D eigenvalue weighted by Crippen LogP contribution is 2.44. The second-order valence-electron chi connectivity index (χ2n) is 8.48. The average Bonchev–Trinajstić information content (AvgIpc) is 3.43. The molecule has 2 N–H and O–H groups in total. The zero-order valence-corrected chi connectivity index (χ0v) is 19.0. The van der Waals surface area contributed by atoms with Crippen LogP contribution < -0.4 is 10.5 Å². The Kier molecular flexibility index (Phi) is 5.80. The Hall–Kier alpha value is -4.06. The lowest BCUT2D eigenvalue weighted by Gasteiger charge is -2.15. The molecule has 1 unspecified atom stereocenters. The summed E-state index contributed by atoms with van der Waals surface area (Å²) in [6.07, 6.45) is 1.42. The Bertz CT molecular complexity index is 1370. The minimum Gasteiger partial charge on any atom is -0.481 e. The van der Waals surface area contributed by atoms with E-state index in [-0.39, 0.29) is 18.4 Å². The normalized spacial score (nSPS) is 14.7. The maximum absolute atomic E-state index is 12.3. The summed E-state index contributed by atoms with van der Waals surface area (Å²) in [6.45, 7) is 0.441. The number of benzene rings is 3. The minimum absolute atomic E-state index is 0.201. The maximum atomic E-state index is 12.3. The van der Waals surface area contributed by atoms with Gasteiger partial charge < -0.3 is 19.8 Å². The number of nitrogens with zero attached hydrogens (tertiary/aromatic N) is 1. The quantitative estimate of drug-likeness (QED) is 0.419. The van der Waals surface area contributed by atoms with Crippen LogP contribution in [-0.4, -0.2) is 30.2 Å². The van der Waals surface area contributed by atoms with Crippen LogP contribution >= 0.6 is 0 Å². The number of hydrogen-bond donors (Lipinski definition) is 1. The van der Waals surface area contributed by atoms with Gasteiger partial charge in [0.25, 0.3) is 0 Å². The van der Waals surface area contributed by atoms with E-state index in [9.17, 15) is 9.59 Å². The van der Waals surface area contributed by atoms with Crippen LogP contribution in [-0.2, 0) is 27.3 Å². The van der Waals surface area contributed by atoms with E-state index in [1.807, 2.05) is 48.5 Å². The molecule has 4 aromatic rings. The van der Waals surface area contributed by atoms with Crippen molar-refractivity contribution < 1.29 is 19.1 Å². The number of nitrogens with two attached hydrogens (primary N) is 1. The van der Waals surface area contributed by atoms with E-state index >= 15 is 0 Å². The van der Waals surface area contributed by atoms with E-state index in [1.165, 1.54) is 18.2 Å². The highest BCUT2D eigenvalue weighted by molar-refractivity contribution is 5.98. The van der Waals surface area contributed by atoms with Crippen molar-refractivity contribution in [3.63, 3.8) is 0 Å². The number of aromatic nitrogens is 1. The van der Waals surface area contributed by atoms with E-state index in [4.69, 9.17) is 15.2 Å². The monoisotopic (exact) mass is 454 g/mol. The van der Waals surface area contributed by atoms with Crippen LogP contribution in [0.4, 0.5) is 0 Å². The van der Waals surface area contributed by atoms with E-state index in [2.05, 4.69) is 28.8 Å². The molecule has 0 saturated heterocycles. The molecule has 1 heterocycles. The molecule has 0 aliphatic heterocycles. The smallest absolute Gasteiger partial charge is 0.343 e. The number of carbonyl (C=O) groups is 2. The van der Waals surface area contributed by atoms with Crippen LogP contribution in [0.25, 0.3) is 22.0 Å². The molecular formula is C28H26N2O4. The molecule has 6 heteroatoms. The summed E-state index contributed by atoms with van der Waals surface area (Å²) in [5.74, 6) is -0.630. The highest BCUT2D eigenvalue weighted by Gasteiger charge is 2.34. The average molecular weight is 455 g/mol. The molecule has 3 aromatic carbocycles. The Morgan fingerprint density at radius 1 is 1.00 bits per heavy atom. The van der Waals surface area contributed by atoms with Crippen LogP contribution in [0.1, 0.15) is 29.2 Å². The number of ether oxygens (including phenoxy) is 2. The van der Waals surface area contributed by atoms with Gasteiger partial charge in [0.05, 0.1) is 18.5 Å². The van der Waals surface area contributed by atoms with Gasteiger partial charge in [0, 0.05) is 17.6 Å². The van der Waals surface area contributed by atoms with Gasteiger partial charge in [-0.3, -0.25) is 4.79 Å². The fraction of sp³-hybridized carbons (Fsp3) is 0.214. The number of esters is 1. The van der Waals surface area contributed by atoms with Crippen molar-refractivity contribution in [2.75, 3.05) is 13.7 Å². The number of amides is 1. The second kappa shape index (κ2) is 9.06. The second-order valence-corrected chi connectivity index (χ2v) is 8.48. The molecule has 1 aliphatic rings. The number of methoxy groups -OCH3 is 1. The van der Waals surface area contributed by atoms with Crippen molar-refractivity contribution in [2.24, 2.45) is 5.73 Å². The molecule has 0 fully saturated rings. The molecule has 1 amide bonds. The summed E-state index contributed by atoms with van der Waals surface area (Å²) < 4.78 is 12.8. The molecule has 34 heavy (non-hydrogen) atoms. The number of hydrogen-bond acceptors (Lipinski definition) is 4. The van der Waals surface area contributed by atoms with E-state index in [0.29, 0.717) is 18.7 Å². The molecule has 0 bridgehead atoms. The van der Waals surface area contributed by atoms with Gasteiger partial charge in [-0.15, -0.1) is 0 Å². The van der Waals surface area contributed by atoms with Gasteiger partial charge in [0.15, 0.2) is 6.61 Å². The molecule has 1 aliphatic carbocycles. The van der Waals surface area contributed by atoms with Crippen molar-refractivity contribution in [1.29, 1.82) is 0 Å². The summed E-state index contributed by atoms with van der Waals surface area (Å²) in [5.41, 5.74) is 12.3. The van der Waals surface area contributed by atoms with Gasteiger partial charge in [-0.2, -0.15) is 0 Å². The Morgan fingerprint density at radius 3 is 2.53 bits per heavy atom. The van der Waals surface area contributed by atoms with Gasteiger partial charge in [-0.05, 0) is 47.2 Å². The standard InChI is InChI=1S/C28H26N2O4/c1-33-25(31)17-34-24-13-7-12-22-27(24)26-21(28(29)32)14-15-23(26)30(22)16-19-10-5-6-11-20(19)18-8-3-2-4-9-18/h2-13,21H,14-17H2,1H3,(H2,29,32). The zero-order valence-electron chi connectivity index (χ0n) is 19.0. The number of carbonyl (C=O) groups excluding carboxylic acids is 2. The summed E-state index contributed by atoms with van der Waals surface area (Å²) in [6, 6.07) is 24.4. The van der Waals surface area contributed by atoms with Gasteiger partial charge in [0.2, 0.25) is 5.91 Å². The van der Waals surface area contributed by atoms with Gasteiger partial charge in [0.1, 0.15) is 5.75 Å². The lowest BCUT2D eigenvalue weighted by atomic mass is 9.99. The van der Waals surface area contributed by atoms with Crippen LogP contribution in [0.5, 0.6) is 5.75 Å². The zero-order chi connectivity index (χ0) is 23.7. The first-order chi connectivity index (χ1) is 16.6. The third-order valence-electron chi connectivity index (χ3n) is 6.57. The first-order valence-electron chi connectivity index (χ1n) is 11.3. The molecule has 0 radical (unpaired) electrons. The predicted octanol–water partition coefficient (Wildman–Crippen LogP) is 4.42. The Labute approximate surface area is 197 Å². The Morgan fingerprint density at radius 2 is 1.76 bits per heavy atom. The number of primary amides is 1. The van der Waals surface area contributed by atoms with Crippen LogP contribution in [0.3, 0.4) is 0 Å². The SMILES string of the molecule is COC(=O)COc1cccc2c1c1c(n2Cc2ccccc2-c2ccccc2)CCC1C(N)=O. The summed E-state index contributed by atoms with van der Waals surface area (Å²) in [4.78, 5) is 24.1. The van der Waals surface area contributed by atoms with E-state index in [1.54, 1.807) is 0 Å². The van der Waals surface area contributed by atoms with E-state index < -0.39 is 5.97 Å². The fourth-order valence-corrected chi connectivity index (χ4v) is 5.03. The fourth-order valence-electron chi connectivity index (χ4n) is 5.03. The van der Waals surface area contributed by atoms with Crippen molar-refractivity contribution in [1.82, 2.24) is 4.57 Å². The summed E-state index contributed by atoms with van der Waals surface area (Å²) in [5, 5.41) is 0.847. The lowest BCUT2D eigenvalue weighted by molar-refractivity contribution is -0.142. The number of fused-ring (bicyclic) bond motifs is 3. The van der Waals surface area contributed by atoms with Gasteiger partial charge in [-0.1, -0.05) is 60.7 Å². The minimum atomic E-state index is -0.462. The van der Waals surface area contributed by atoms with Gasteiger partial charge >= 0.3 is 5.97 Å². The van der Waals surface area contributed by atoms with E-state index in [0.717, 1.165) is 34.1 Å². The topological polar surface area (TPSA) is 83.6 Å². The van der Waals surface area contributed by atoms with Crippen molar-refractivity contribution >= 4 is 22.8 Å². The van der Waals surface area contributed by atoms with Crippen molar-refractivity contribution in [3.8, 4) is 16.9 Å². The molecule has 5 rings (SSSR count). The van der Waals surface area contributed by atoms with Crippen LogP contribution in [0.15, 0.2) is 72.8 Å². The summed E-state index contributed by atoms with van der Waals surface area (Å²) >= 11 is 0. The largest absolute Gasteiger partial charge is 0.481 e. The molecule has 6 nitrogen and oxygen atoms in total. The first-order valence-corrected chi connectivity index (χ1v) is 11.3. The molecule has 172 valence electrons. The van der Waals surface area contributed by atoms with Crippen LogP contribution in [0.2, 0.25) is 0 Å². The van der Waals surface area contributed by atoms with Crippen molar-refractivity contribution in [2.45, 2.75) is 25.3 Å². The maximum Gasteiger partial charge on any atom is 0.343 e. The first kappa shape index (κ1) is 21.8. The number of rotatable bonds is 7. The third kappa shape index (κ3) is 3.81. The molecule has 0 spiro atoms. The third-order valence-corrected chi connectivity index (χ3v) is 6.57. The summed E-state index contributed by atoms with van der Waals surface area (Å²) in [7, 11) is 1.33. The molecule has 1 atom stereocenters. The van der Waals surface area contributed by atoms with Gasteiger partial charge in [-0.25, -0.2) is 4.79 Å². The predicted molar refractivity (Wildman–Crippen MR) is 131 cm³/mol. The molecule has 1 aromatic heterocycles. The Balaban J connectivity index is 1.65. The molecule has 0 saturated carbocycles. The molecular weight excluding hydrogens is 428 g/mol. The lowest BCUT2D eigenvalue weighted by Crippen LogP contribution is -2.19. The van der Waals surface area contributed by atoms with Crippen LogP contribution in [0, 0.1) is 0 Å². The highest BCUT2D eigenvalue weighted by atomic mass is 16.6. The van der Waals surface area contributed by atoms with Crippen molar-refractivity contribution in [3.05, 3.63) is 89.6 Å².